The van der Waals surface area contributed by atoms with Gasteiger partial charge in [-0.2, -0.15) is 4.98 Å². The Morgan fingerprint density at radius 1 is 1.53 bits per heavy atom. The van der Waals surface area contributed by atoms with Crippen LogP contribution in [0.3, 0.4) is 0 Å². The Labute approximate surface area is 104 Å². The summed E-state index contributed by atoms with van der Waals surface area (Å²) >= 11 is 1.62. The molecule has 5 heteroatoms. The Bertz CT molecular complexity index is 571. The third-order valence-electron chi connectivity index (χ3n) is 2.11. The minimum atomic E-state index is 0.215. The number of fused-ring (bicyclic) bond motifs is 1. The summed E-state index contributed by atoms with van der Waals surface area (Å²) in [6, 6.07) is 2.02. The fraction of sp³-hybridized carbons (Fsp3) is 0.333. The number of anilines is 1. The predicted molar refractivity (Wildman–Crippen MR) is 70.6 cm³/mol. The highest BCUT2D eigenvalue weighted by Crippen LogP contribution is 2.30. The van der Waals surface area contributed by atoms with Crippen LogP contribution in [0.1, 0.15) is 11.8 Å². The molecule has 0 radical (unpaired) electrons. The monoisotopic (exact) mass is 247 g/mol. The van der Waals surface area contributed by atoms with Crippen LogP contribution in [0.15, 0.2) is 6.07 Å². The van der Waals surface area contributed by atoms with Crippen LogP contribution >= 0.6 is 11.3 Å². The van der Waals surface area contributed by atoms with Crippen molar-refractivity contribution in [1.82, 2.24) is 9.97 Å². The van der Waals surface area contributed by atoms with E-state index in [0.717, 1.165) is 16.8 Å². The van der Waals surface area contributed by atoms with E-state index >= 15 is 0 Å². The molecule has 0 atom stereocenters. The highest BCUT2D eigenvalue weighted by Gasteiger charge is 2.11. The molecule has 0 aliphatic rings. The lowest BCUT2D eigenvalue weighted by atomic mass is 10.3. The average molecular weight is 247 g/mol. The van der Waals surface area contributed by atoms with E-state index < -0.39 is 0 Å². The molecular weight excluding hydrogens is 234 g/mol. The van der Waals surface area contributed by atoms with Gasteiger partial charge in [0.15, 0.2) is 6.61 Å². The topological polar surface area (TPSA) is 47.0 Å². The van der Waals surface area contributed by atoms with Gasteiger partial charge in [0, 0.05) is 11.4 Å². The fourth-order valence-corrected chi connectivity index (χ4v) is 2.34. The molecule has 0 aromatic carbocycles. The zero-order chi connectivity index (χ0) is 12.3. The molecule has 0 aliphatic heterocycles. The number of nitrogens with one attached hydrogen (secondary N) is 1. The highest BCUT2D eigenvalue weighted by atomic mass is 32.1. The summed E-state index contributed by atoms with van der Waals surface area (Å²) in [6.45, 7) is 5.01. The standard InChI is InChI=1S/C12H13N3OS/c1-4-6-16-10-9-7-8(3)17-11(9)15-12(14-10)13-5-2/h1,7H,5-6H2,2-3H3,(H,13,14,15). The molecule has 0 spiro atoms. The Kier molecular flexibility index (Phi) is 3.45. The third kappa shape index (κ3) is 2.48. The summed E-state index contributed by atoms with van der Waals surface area (Å²) < 4.78 is 5.45. The van der Waals surface area contributed by atoms with E-state index in [9.17, 15) is 0 Å². The van der Waals surface area contributed by atoms with Crippen LogP contribution in [-0.2, 0) is 0 Å². The van der Waals surface area contributed by atoms with Crippen LogP contribution in [0.25, 0.3) is 10.2 Å². The molecular formula is C12H13N3OS. The van der Waals surface area contributed by atoms with Gasteiger partial charge in [-0.1, -0.05) is 5.92 Å². The molecule has 0 unspecified atom stereocenters. The van der Waals surface area contributed by atoms with Gasteiger partial charge >= 0.3 is 0 Å². The highest BCUT2D eigenvalue weighted by molar-refractivity contribution is 7.18. The molecule has 2 rings (SSSR count). The molecule has 1 N–H and O–H groups in total. The van der Waals surface area contributed by atoms with Gasteiger partial charge < -0.3 is 10.1 Å². The number of terminal acetylenes is 1. The van der Waals surface area contributed by atoms with Gasteiger partial charge in [-0.25, -0.2) is 4.98 Å². The van der Waals surface area contributed by atoms with E-state index in [2.05, 4.69) is 21.2 Å². The van der Waals surface area contributed by atoms with Crippen LogP contribution in [0.2, 0.25) is 0 Å². The number of nitrogens with zero attached hydrogens (tertiary/aromatic N) is 2. The molecule has 0 bridgehead atoms. The van der Waals surface area contributed by atoms with E-state index in [1.54, 1.807) is 11.3 Å². The second kappa shape index (κ2) is 5.02. The van der Waals surface area contributed by atoms with Crippen molar-refractivity contribution in [1.29, 1.82) is 0 Å². The molecule has 17 heavy (non-hydrogen) atoms. The Morgan fingerprint density at radius 2 is 2.35 bits per heavy atom. The van der Waals surface area contributed by atoms with E-state index in [1.807, 2.05) is 19.9 Å². The number of aryl methyl sites for hydroxylation is 1. The SMILES string of the molecule is C#CCOc1nc(NCC)nc2sc(C)cc12. The summed E-state index contributed by atoms with van der Waals surface area (Å²) in [6.07, 6.45) is 5.19. The first-order valence-corrected chi connectivity index (χ1v) is 6.14. The number of ether oxygens (including phenoxy) is 1. The first-order chi connectivity index (χ1) is 8.24. The Morgan fingerprint density at radius 3 is 3.06 bits per heavy atom. The zero-order valence-corrected chi connectivity index (χ0v) is 10.6. The van der Waals surface area contributed by atoms with Crippen molar-refractivity contribution in [3.63, 3.8) is 0 Å². The summed E-state index contributed by atoms with van der Waals surface area (Å²) in [5.41, 5.74) is 0. The molecule has 0 saturated heterocycles. The van der Waals surface area contributed by atoms with Crippen LogP contribution < -0.4 is 10.1 Å². The van der Waals surface area contributed by atoms with Crippen molar-refractivity contribution in [2.75, 3.05) is 18.5 Å². The van der Waals surface area contributed by atoms with Crippen LogP contribution in [0, 0.1) is 19.3 Å². The van der Waals surface area contributed by atoms with Crippen LogP contribution in [0.5, 0.6) is 5.88 Å². The van der Waals surface area contributed by atoms with Gasteiger partial charge in [0.05, 0.1) is 5.39 Å². The molecule has 0 aliphatic carbocycles. The second-order valence-corrected chi connectivity index (χ2v) is 4.69. The molecule has 2 aromatic rings. The quantitative estimate of drug-likeness (QED) is 0.843. The molecule has 0 fully saturated rings. The van der Waals surface area contributed by atoms with Gasteiger partial charge in [0.2, 0.25) is 11.8 Å². The Hall–Kier alpha value is -1.80. The Balaban J connectivity index is 2.48. The maximum atomic E-state index is 5.45. The van der Waals surface area contributed by atoms with Crippen LogP contribution in [0.4, 0.5) is 5.95 Å². The molecule has 0 amide bonds. The predicted octanol–water partition coefficient (Wildman–Crippen LogP) is 2.44. The lowest BCUT2D eigenvalue weighted by Crippen LogP contribution is -2.04. The summed E-state index contributed by atoms with van der Waals surface area (Å²) in [5.74, 6) is 3.57. The van der Waals surface area contributed by atoms with Gasteiger partial charge in [-0.15, -0.1) is 17.8 Å². The molecule has 88 valence electrons. The van der Waals surface area contributed by atoms with Crippen molar-refractivity contribution in [2.45, 2.75) is 13.8 Å². The third-order valence-corrected chi connectivity index (χ3v) is 3.05. The zero-order valence-electron chi connectivity index (χ0n) is 9.78. The largest absolute Gasteiger partial charge is 0.464 e. The van der Waals surface area contributed by atoms with Gasteiger partial charge in [-0.05, 0) is 19.9 Å². The first kappa shape index (κ1) is 11.7. The summed E-state index contributed by atoms with van der Waals surface area (Å²) in [4.78, 5) is 10.8. The average Bonchev–Trinajstić information content (AvgIpc) is 2.67. The van der Waals surface area contributed by atoms with Crippen molar-refractivity contribution < 1.29 is 4.74 Å². The van der Waals surface area contributed by atoms with E-state index in [-0.39, 0.29) is 6.61 Å². The van der Waals surface area contributed by atoms with Crippen molar-refractivity contribution >= 4 is 27.5 Å². The van der Waals surface area contributed by atoms with E-state index in [4.69, 9.17) is 11.2 Å². The van der Waals surface area contributed by atoms with Crippen molar-refractivity contribution in [3.05, 3.63) is 10.9 Å². The van der Waals surface area contributed by atoms with Crippen molar-refractivity contribution in [2.24, 2.45) is 0 Å². The minimum Gasteiger partial charge on any atom is -0.464 e. The number of rotatable bonds is 4. The number of hydrogen-bond donors (Lipinski definition) is 1. The van der Waals surface area contributed by atoms with Crippen molar-refractivity contribution in [3.8, 4) is 18.2 Å². The lowest BCUT2D eigenvalue weighted by Gasteiger charge is -2.06. The molecule has 2 heterocycles. The molecule has 4 nitrogen and oxygen atoms in total. The maximum absolute atomic E-state index is 5.45. The van der Waals surface area contributed by atoms with Gasteiger partial charge in [0.25, 0.3) is 0 Å². The number of aromatic nitrogens is 2. The van der Waals surface area contributed by atoms with Gasteiger partial charge in [0.1, 0.15) is 4.83 Å². The maximum Gasteiger partial charge on any atom is 0.228 e. The second-order valence-electron chi connectivity index (χ2n) is 3.45. The summed E-state index contributed by atoms with van der Waals surface area (Å²) in [7, 11) is 0. The number of hydrogen-bond acceptors (Lipinski definition) is 5. The first-order valence-electron chi connectivity index (χ1n) is 5.33. The van der Waals surface area contributed by atoms with Gasteiger partial charge in [-0.3, -0.25) is 0 Å². The minimum absolute atomic E-state index is 0.215. The normalized spacial score (nSPS) is 10.2. The van der Waals surface area contributed by atoms with E-state index in [0.29, 0.717) is 11.8 Å². The fourth-order valence-electron chi connectivity index (χ4n) is 1.47. The smallest absolute Gasteiger partial charge is 0.228 e. The molecule has 0 saturated carbocycles. The lowest BCUT2D eigenvalue weighted by molar-refractivity contribution is 0.360. The summed E-state index contributed by atoms with van der Waals surface area (Å²) in [5, 5.41) is 4.00. The van der Waals surface area contributed by atoms with Crippen LogP contribution in [-0.4, -0.2) is 23.1 Å². The number of thiophene rings is 1. The molecule has 2 aromatic heterocycles. The van der Waals surface area contributed by atoms with E-state index in [1.165, 1.54) is 4.88 Å².